The number of unbranched alkanes of at least 4 members (excludes halogenated alkanes) is 5. The predicted molar refractivity (Wildman–Crippen MR) is 143 cm³/mol. The van der Waals surface area contributed by atoms with Crippen LogP contribution < -0.4 is 10.4 Å². The second kappa shape index (κ2) is 10.7. The molecule has 1 fully saturated rings. The van der Waals surface area contributed by atoms with Gasteiger partial charge in [-0.05, 0) is 89.2 Å². The van der Waals surface area contributed by atoms with Gasteiger partial charge in [0.05, 0.1) is 11.2 Å². The highest BCUT2D eigenvalue weighted by Gasteiger charge is 2.52. The van der Waals surface area contributed by atoms with Crippen molar-refractivity contribution in [1.82, 2.24) is 0 Å². The zero-order valence-corrected chi connectivity index (χ0v) is 22.3. The van der Waals surface area contributed by atoms with Crippen molar-refractivity contribution < 1.29 is 9.31 Å². The van der Waals surface area contributed by atoms with Crippen molar-refractivity contribution in [2.75, 3.05) is 11.4 Å². The Labute approximate surface area is 203 Å². The number of nitrogens with zero attached hydrogens (tertiary/aromatic N) is 1. The van der Waals surface area contributed by atoms with Gasteiger partial charge in [0, 0.05) is 17.9 Å². The molecule has 0 aliphatic carbocycles. The van der Waals surface area contributed by atoms with Crippen molar-refractivity contribution in [2.45, 2.75) is 105 Å². The summed E-state index contributed by atoms with van der Waals surface area (Å²) in [6.07, 6.45) is 7.77. The summed E-state index contributed by atoms with van der Waals surface area (Å²) in [5.41, 5.74) is 6.80. The smallest absolute Gasteiger partial charge is 0.399 e. The lowest BCUT2D eigenvalue weighted by Gasteiger charge is -2.32. The van der Waals surface area contributed by atoms with E-state index < -0.39 is 0 Å². The van der Waals surface area contributed by atoms with Crippen LogP contribution in [0.5, 0.6) is 0 Å². The second-order valence-electron chi connectivity index (χ2n) is 10.8. The van der Waals surface area contributed by atoms with E-state index in [0.29, 0.717) is 0 Å². The van der Waals surface area contributed by atoms with Gasteiger partial charge < -0.3 is 14.2 Å². The summed E-state index contributed by atoms with van der Waals surface area (Å²) in [7, 11) is -0.346. The maximum atomic E-state index is 6.45. The highest BCUT2D eigenvalue weighted by Crippen LogP contribution is 2.38. The molecule has 4 heteroatoms. The lowest BCUT2D eigenvalue weighted by atomic mass is 9.75. The van der Waals surface area contributed by atoms with E-state index in [1.165, 1.54) is 66.6 Å². The largest absolute Gasteiger partial charge is 0.495 e. The van der Waals surface area contributed by atoms with Crippen LogP contribution in [0.4, 0.5) is 11.4 Å². The maximum Gasteiger partial charge on any atom is 0.495 e. The lowest BCUT2D eigenvalue weighted by molar-refractivity contribution is 0.00578. The third-order valence-corrected chi connectivity index (χ3v) is 7.50. The SMILES string of the molecule is CCCCCCCCN(c1ccccc1C)c1cc(C)cc(B2OC(C)(C)C(C)(C)O2)c1C. The molecule has 0 amide bonds. The van der Waals surface area contributed by atoms with E-state index in [0.717, 1.165) is 12.0 Å². The summed E-state index contributed by atoms with van der Waals surface area (Å²) in [6, 6.07) is 13.3. The summed E-state index contributed by atoms with van der Waals surface area (Å²) < 4.78 is 12.9. The minimum atomic E-state index is -0.346. The van der Waals surface area contributed by atoms with Crippen LogP contribution in [-0.2, 0) is 9.31 Å². The van der Waals surface area contributed by atoms with Gasteiger partial charge in [-0.25, -0.2) is 0 Å². The predicted octanol–water partition coefficient (Wildman–Crippen LogP) is 7.41. The summed E-state index contributed by atoms with van der Waals surface area (Å²) in [5.74, 6) is 0. The molecule has 1 aliphatic heterocycles. The molecule has 2 aromatic carbocycles. The first-order chi connectivity index (χ1) is 15.6. The topological polar surface area (TPSA) is 21.7 Å². The highest BCUT2D eigenvalue weighted by molar-refractivity contribution is 6.62. The quantitative estimate of drug-likeness (QED) is 0.278. The second-order valence-corrected chi connectivity index (χ2v) is 10.8. The fraction of sp³-hybridized carbons (Fsp3) is 0.586. The van der Waals surface area contributed by atoms with Crippen molar-refractivity contribution >= 4 is 24.0 Å². The first kappa shape index (κ1) is 25.8. The molecule has 1 heterocycles. The molecule has 180 valence electrons. The Bertz CT molecular complexity index is 921. The average Bonchev–Trinajstić information content (AvgIpc) is 2.97. The van der Waals surface area contributed by atoms with Gasteiger partial charge in [-0.15, -0.1) is 0 Å². The van der Waals surface area contributed by atoms with E-state index in [2.05, 4.69) is 96.7 Å². The van der Waals surface area contributed by atoms with Gasteiger partial charge in [0.1, 0.15) is 0 Å². The van der Waals surface area contributed by atoms with E-state index in [4.69, 9.17) is 9.31 Å². The Morgan fingerprint density at radius 3 is 2.03 bits per heavy atom. The monoisotopic (exact) mass is 449 g/mol. The Morgan fingerprint density at radius 2 is 1.39 bits per heavy atom. The molecule has 2 aromatic rings. The van der Waals surface area contributed by atoms with E-state index in [-0.39, 0.29) is 18.3 Å². The van der Waals surface area contributed by atoms with Gasteiger partial charge in [-0.1, -0.05) is 63.3 Å². The van der Waals surface area contributed by atoms with Gasteiger partial charge in [-0.3, -0.25) is 0 Å². The van der Waals surface area contributed by atoms with Crippen LogP contribution in [-0.4, -0.2) is 24.9 Å². The Kier molecular flexibility index (Phi) is 8.34. The Balaban J connectivity index is 1.94. The molecule has 0 atom stereocenters. The van der Waals surface area contributed by atoms with Gasteiger partial charge >= 0.3 is 7.12 Å². The van der Waals surface area contributed by atoms with Crippen LogP contribution >= 0.6 is 0 Å². The Morgan fingerprint density at radius 1 is 0.788 bits per heavy atom. The van der Waals surface area contributed by atoms with E-state index in [1.54, 1.807) is 0 Å². The molecule has 3 nitrogen and oxygen atoms in total. The van der Waals surface area contributed by atoms with E-state index in [1.807, 2.05) is 0 Å². The molecule has 1 aliphatic rings. The molecule has 33 heavy (non-hydrogen) atoms. The molecular weight excluding hydrogens is 405 g/mol. The van der Waals surface area contributed by atoms with Crippen LogP contribution in [0, 0.1) is 20.8 Å². The van der Waals surface area contributed by atoms with Crippen molar-refractivity contribution in [3.05, 3.63) is 53.1 Å². The molecule has 0 N–H and O–H groups in total. The number of hydrogen-bond donors (Lipinski definition) is 0. The fourth-order valence-corrected chi connectivity index (χ4v) is 4.65. The minimum Gasteiger partial charge on any atom is -0.399 e. The first-order valence-electron chi connectivity index (χ1n) is 12.9. The van der Waals surface area contributed by atoms with Crippen molar-refractivity contribution in [2.24, 2.45) is 0 Å². The lowest BCUT2D eigenvalue weighted by Crippen LogP contribution is -2.41. The van der Waals surface area contributed by atoms with E-state index in [9.17, 15) is 0 Å². The molecule has 0 unspecified atom stereocenters. The van der Waals surface area contributed by atoms with Gasteiger partial charge in [0.25, 0.3) is 0 Å². The van der Waals surface area contributed by atoms with Gasteiger partial charge in [0.15, 0.2) is 0 Å². The maximum absolute atomic E-state index is 6.45. The molecule has 3 rings (SSSR count). The normalized spacial score (nSPS) is 16.9. The summed E-state index contributed by atoms with van der Waals surface area (Å²) >= 11 is 0. The average molecular weight is 449 g/mol. The van der Waals surface area contributed by atoms with Crippen LogP contribution in [0.2, 0.25) is 0 Å². The van der Waals surface area contributed by atoms with Crippen LogP contribution in [0.1, 0.15) is 89.8 Å². The number of aryl methyl sites for hydroxylation is 2. The Hall–Kier alpha value is -1.78. The highest BCUT2D eigenvalue weighted by atomic mass is 16.7. The van der Waals surface area contributed by atoms with Gasteiger partial charge in [-0.2, -0.15) is 0 Å². The van der Waals surface area contributed by atoms with Gasteiger partial charge in [0.2, 0.25) is 0 Å². The fourth-order valence-electron chi connectivity index (χ4n) is 4.65. The zero-order chi connectivity index (χ0) is 24.2. The zero-order valence-electron chi connectivity index (χ0n) is 22.3. The number of anilines is 2. The van der Waals surface area contributed by atoms with Crippen LogP contribution in [0.25, 0.3) is 0 Å². The molecule has 0 spiro atoms. The van der Waals surface area contributed by atoms with Crippen LogP contribution in [0.15, 0.2) is 36.4 Å². The number of hydrogen-bond acceptors (Lipinski definition) is 3. The molecule has 0 saturated carbocycles. The standard InChI is InChI=1S/C29H44BNO2/c1-9-10-11-12-13-16-19-31(26-18-15-14-17-23(26)3)27-21-22(2)20-25(24(27)4)30-32-28(5,6)29(7,8)33-30/h14-15,17-18,20-21H,9-13,16,19H2,1-8H3. The van der Waals surface area contributed by atoms with E-state index >= 15 is 0 Å². The van der Waals surface area contributed by atoms with Crippen molar-refractivity contribution in [3.8, 4) is 0 Å². The summed E-state index contributed by atoms with van der Waals surface area (Å²) in [4.78, 5) is 2.52. The number of rotatable bonds is 10. The van der Waals surface area contributed by atoms with Crippen molar-refractivity contribution in [3.63, 3.8) is 0 Å². The number of benzene rings is 2. The third-order valence-electron chi connectivity index (χ3n) is 7.50. The molecular formula is C29H44BNO2. The third kappa shape index (κ3) is 5.84. The molecule has 1 saturated heterocycles. The van der Waals surface area contributed by atoms with Crippen LogP contribution in [0.3, 0.4) is 0 Å². The summed E-state index contributed by atoms with van der Waals surface area (Å²) in [6.45, 7) is 18.4. The van der Waals surface area contributed by atoms with Crippen molar-refractivity contribution in [1.29, 1.82) is 0 Å². The molecule has 0 bridgehead atoms. The molecule has 0 radical (unpaired) electrons. The number of para-hydroxylation sites is 1. The molecule has 0 aromatic heterocycles. The first-order valence-corrected chi connectivity index (χ1v) is 12.9. The summed E-state index contributed by atoms with van der Waals surface area (Å²) in [5, 5.41) is 0. The minimum absolute atomic E-state index is 0.345.